The molecule has 0 aromatic heterocycles. The Labute approximate surface area is 127 Å². The molecule has 0 nitrogen and oxygen atoms in total. The predicted molar refractivity (Wildman–Crippen MR) is 92.1 cm³/mol. The van der Waals surface area contributed by atoms with Crippen molar-refractivity contribution in [3.05, 3.63) is 71.3 Å². The maximum Gasteiger partial charge on any atom is -0.00679 e. The second-order valence-corrected chi connectivity index (χ2v) is 6.17. The van der Waals surface area contributed by atoms with Crippen LogP contribution in [0.3, 0.4) is 0 Å². The number of hydrogen-bond donors (Lipinski definition) is 0. The molecule has 0 saturated carbocycles. The normalized spacial score (nSPS) is 11.3. The summed E-state index contributed by atoms with van der Waals surface area (Å²) in [5, 5.41) is 0. The third-order valence-corrected chi connectivity index (χ3v) is 4.32. The van der Waals surface area contributed by atoms with Crippen LogP contribution in [0.2, 0.25) is 0 Å². The molecule has 0 atom stereocenters. The summed E-state index contributed by atoms with van der Waals surface area (Å²) in [5.41, 5.74) is 9.64. The van der Waals surface area contributed by atoms with Crippen molar-refractivity contribution >= 4 is 0 Å². The zero-order valence-electron chi connectivity index (χ0n) is 13.3. The zero-order valence-corrected chi connectivity index (χ0v) is 13.3. The van der Waals surface area contributed by atoms with Gasteiger partial charge in [-0.2, -0.15) is 0 Å². The Morgan fingerprint density at radius 1 is 0.667 bits per heavy atom. The van der Waals surface area contributed by atoms with Crippen LogP contribution >= 0.6 is 0 Å². The van der Waals surface area contributed by atoms with Gasteiger partial charge in [0.05, 0.1) is 0 Å². The molecule has 0 fully saturated rings. The monoisotopic (exact) mass is 274 g/mol. The number of aryl methyl sites for hydroxylation is 2. The van der Waals surface area contributed by atoms with Crippen molar-refractivity contribution in [2.45, 2.75) is 33.6 Å². The number of fused-ring (bicyclic) bond motifs is 1. The summed E-state index contributed by atoms with van der Waals surface area (Å²) in [5.74, 6) is 0.504. The minimum absolute atomic E-state index is 0.504. The SMILES string of the molecule is Cc1ccc(C(C)C)c(-c2ccccc2)c2c(C)ccc1-2. The van der Waals surface area contributed by atoms with E-state index in [1.807, 2.05) is 0 Å². The second kappa shape index (κ2) is 5.37. The first kappa shape index (κ1) is 13.9. The number of rotatable bonds is 2. The smallest absolute Gasteiger partial charge is 0.00679 e. The van der Waals surface area contributed by atoms with Crippen molar-refractivity contribution in [3.63, 3.8) is 0 Å². The van der Waals surface area contributed by atoms with Crippen molar-refractivity contribution in [2.75, 3.05) is 0 Å². The highest BCUT2D eigenvalue weighted by Gasteiger charge is 2.18. The van der Waals surface area contributed by atoms with E-state index < -0.39 is 0 Å². The van der Waals surface area contributed by atoms with Gasteiger partial charge in [0.15, 0.2) is 0 Å². The molecule has 1 aromatic carbocycles. The highest BCUT2D eigenvalue weighted by atomic mass is 14.2. The maximum absolute atomic E-state index is 2.31. The second-order valence-electron chi connectivity index (χ2n) is 6.17. The molecule has 0 bridgehead atoms. The van der Waals surface area contributed by atoms with Gasteiger partial charge < -0.3 is 0 Å². The Hall–Kier alpha value is -2.08. The van der Waals surface area contributed by atoms with Crippen LogP contribution in [0.25, 0.3) is 22.3 Å². The van der Waals surface area contributed by atoms with Gasteiger partial charge in [0, 0.05) is 0 Å². The summed E-state index contributed by atoms with van der Waals surface area (Å²) in [6, 6.07) is 19.9. The third-order valence-electron chi connectivity index (χ3n) is 4.32. The van der Waals surface area contributed by atoms with Crippen molar-refractivity contribution in [3.8, 4) is 22.3 Å². The van der Waals surface area contributed by atoms with Gasteiger partial charge in [-0.05, 0) is 58.7 Å². The number of benzene rings is 1. The van der Waals surface area contributed by atoms with Crippen LogP contribution in [0.5, 0.6) is 0 Å². The highest BCUT2D eigenvalue weighted by Crippen LogP contribution is 2.42. The summed E-state index contributed by atoms with van der Waals surface area (Å²) in [6.45, 7) is 8.99. The van der Waals surface area contributed by atoms with E-state index in [2.05, 4.69) is 82.3 Å². The molecule has 0 N–H and O–H groups in total. The van der Waals surface area contributed by atoms with E-state index in [0.29, 0.717) is 5.92 Å². The summed E-state index contributed by atoms with van der Waals surface area (Å²) in [4.78, 5) is 0. The van der Waals surface area contributed by atoms with Crippen LogP contribution < -0.4 is 0 Å². The standard InChI is InChI=1S/C21H22/c1-14(2)18-12-10-15(3)19-13-11-16(4)20(19)21(18)17-8-6-5-7-9-17/h5-14H,1-4H3. The Bertz CT molecular complexity index is 736. The minimum atomic E-state index is 0.504. The summed E-state index contributed by atoms with van der Waals surface area (Å²) in [7, 11) is 0. The third kappa shape index (κ3) is 2.35. The Balaban J connectivity index is 2.45. The number of hydrogen-bond acceptors (Lipinski definition) is 0. The molecule has 0 heteroatoms. The largest absolute Gasteiger partial charge is 0.0622 e. The van der Waals surface area contributed by atoms with Gasteiger partial charge in [-0.3, -0.25) is 0 Å². The molecule has 106 valence electrons. The molecule has 21 heavy (non-hydrogen) atoms. The van der Waals surface area contributed by atoms with Crippen LogP contribution in [0.4, 0.5) is 0 Å². The van der Waals surface area contributed by atoms with E-state index in [-0.39, 0.29) is 0 Å². The van der Waals surface area contributed by atoms with Crippen molar-refractivity contribution < 1.29 is 0 Å². The molecular weight excluding hydrogens is 252 g/mol. The molecule has 0 heterocycles. The quantitative estimate of drug-likeness (QED) is 0.522. The molecule has 0 radical (unpaired) electrons. The van der Waals surface area contributed by atoms with Crippen LogP contribution in [0.1, 0.15) is 36.5 Å². The zero-order chi connectivity index (χ0) is 15.0. The molecule has 0 saturated heterocycles. The average Bonchev–Trinajstić information content (AvgIpc) is 2.77. The Morgan fingerprint density at radius 3 is 2.00 bits per heavy atom. The molecular formula is C21H22. The molecule has 0 amide bonds. The van der Waals surface area contributed by atoms with Crippen molar-refractivity contribution in [1.82, 2.24) is 0 Å². The van der Waals surface area contributed by atoms with E-state index in [9.17, 15) is 0 Å². The fourth-order valence-corrected chi connectivity index (χ4v) is 3.18. The average molecular weight is 274 g/mol. The first-order chi connectivity index (χ1) is 10.1. The Morgan fingerprint density at radius 2 is 1.33 bits per heavy atom. The molecule has 3 rings (SSSR count). The lowest BCUT2D eigenvalue weighted by atomic mass is 9.89. The van der Waals surface area contributed by atoms with E-state index in [1.54, 1.807) is 0 Å². The minimum Gasteiger partial charge on any atom is -0.0622 e. The first-order valence-corrected chi connectivity index (χ1v) is 7.68. The summed E-state index contributed by atoms with van der Waals surface area (Å²) < 4.78 is 0. The lowest BCUT2D eigenvalue weighted by Crippen LogP contribution is -1.92. The Kier molecular flexibility index (Phi) is 3.55. The summed E-state index contributed by atoms with van der Waals surface area (Å²) >= 11 is 0. The first-order valence-electron chi connectivity index (χ1n) is 7.68. The van der Waals surface area contributed by atoms with Gasteiger partial charge in [-0.15, -0.1) is 0 Å². The van der Waals surface area contributed by atoms with Gasteiger partial charge in [0.25, 0.3) is 0 Å². The maximum atomic E-state index is 2.31. The van der Waals surface area contributed by atoms with E-state index >= 15 is 0 Å². The van der Waals surface area contributed by atoms with Gasteiger partial charge in [-0.1, -0.05) is 68.4 Å². The fraction of sp³-hybridized carbons (Fsp3) is 0.238. The topological polar surface area (TPSA) is 0 Å². The molecule has 0 aliphatic heterocycles. The van der Waals surface area contributed by atoms with E-state index in [0.717, 1.165) is 0 Å². The van der Waals surface area contributed by atoms with Crippen molar-refractivity contribution in [1.29, 1.82) is 0 Å². The molecule has 0 spiro atoms. The highest BCUT2D eigenvalue weighted by molar-refractivity contribution is 5.90. The van der Waals surface area contributed by atoms with Crippen LogP contribution in [-0.4, -0.2) is 0 Å². The summed E-state index contributed by atoms with van der Waals surface area (Å²) in [6.07, 6.45) is 0. The predicted octanol–water partition coefficient (Wildman–Crippen LogP) is 6.20. The molecule has 2 aliphatic carbocycles. The van der Waals surface area contributed by atoms with Crippen LogP contribution in [-0.2, 0) is 0 Å². The fourth-order valence-electron chi connectivity index (χ4n) is 3.18. The molecule has 0 unspecified atom stereocenters. The van der Waals surface area contributed by atoms with Crippen LogP contribution in [0.15, 0.2) is 54.6 Å². The van der Waals surface area contributed by atoms with Gasteiger partial charge >= 0.3 is 0 Å². The van der Waals surface area contributed by atoms with Crippen LogP contribution in [0, 0.1) is 13.8 Å². The van der Waals surface area contributed by atoms with E-state index in [4.69, 9.17) is 0 Å². The van der Waals surface area contributed by atoms with Gasteiger partial charge in [0.1, 0.15) is 0 Å². The van der Waals surface area contributed by atoms with Gasteiger partial charge in [0.2, 0.25) is 0 Å². The lowest BCUT2D eigenvalue weighted by molar-refractivity contribution is 0.871. The van der Waals surface area contributed by atoms with E-state index in [1.165, 1.54) is 38.9 Å². The molecule has 1 aromatic rings. The van der Waals surface area contributed by atoms with Gasteiger partial charge in [-0.25, -0.2) is 0 Å². The molecule has 2 aliphatic rings. The lowest BCUT2D eigenvalue weighted by Gasteiger charge is -2.15. The van der Waals surface area contributed by atoms with Crippen molar-refractivity contribution in [2.24, 2.45) is 0 Å².